The summed E-state index contributed by atoms with van der Waals surface area (Å²) >= 11 is 0. The first kappa shape index (κ1) is 17.8. The lowest BCUT2D eigenvalue weighted by Gasteiger charge is -2.15. The van der Waals surface area contributed by atoms with Crippen molar-refractivity contribution in [1.29, 1.82) is 0 Å². The van der Waals surface area contributed by atoms with Gasteiger partial charge in [-0.15, -0.1) is 0 Å². The summed E-state index contributed by atoms with van der Waals surface area (Å²) in [6.07, 6.45) is 0. The van der Waals surface area contributed by atoms with Gasteiger partial charge in [-0.05, 0) is 41.8 Å². The lowest BCUT2D eigenvalue weighted by atomic mass is 9.89. The van der Waals surface area contributed by atoms with Gasteiger partial charge < -0.3 is 20.1 Å². The van der Waals surface area contributed by atoms with Crippen LogP contribution in [0.2, 0.25) is 0 Å². The first-order chi connectivity index (χ1) is 12.5. The van der Waals surface area contributed by atoms with E-state index in [1.165, 1.54) is 14.2 Å². The van der Waals surface area contributed by atoms with E-state index in [9.17, 15) is 9.59 Å². The number of anilines is 2. The number of hydrogen-bond acceptors (Lipinski definition) is 4. The number of amides is 2. The molecule has 0 bridgehead atoms. The van der Waals surface area contributed by atoms with Gasteiger partial charge in [-0.3, -0.25) is 9.59 Å². The molecule has 1 atom stereocenters. The fourth-order valence-electron chi connectivity index (χ4n) is 3.29. The first-order valence-electron chi connectivity index (χ1n) is 8.43. The van der Waals surface area contributed by atoms with Gasteiger partial charge >= 0.3 is 0 Å². The van der Waals surface area contributed by atoms with Crippen molar-refractivity contribution in [2.75, 3.05) is 24.9 Å². The second-order valence-corrected chi connectivity index (χ2v) is 6.50. The fraction of sp³-hybridized carbons (Fsp3) is 0.300. The Morgan fingerprint density at radius 1 is 1.12 bits per heavy atom. The summed E-state index contributed by atoms with van der Waals surface area (Å²) < 4.78 is 10.6. The van der Waals surface area contributed by atoms with Gasteiger partial charge in [-0.1, -0.05) is 19.9 Å². The molecule has 2 N–H and O–H groups in total. The van der Waals surface area contributed by atoms with E-state index in [2.05, 4.69) is 10.6 Å². The van der Waals surface area contributed by atoms with Crippen LogP contribution < -0.4 is 20.1 Å². The summed E-state index contributed by atoms with van der Waals surface area (Å²) in [5, 5.41) is 5.76. The Bertz CT molecular complexity index is 839. The fourth-order valence-corrected chi connectivity index (χ4v) is 3.29. The Hall–Kier alpha value is -3.02. The summed E-state index contributed by atoms with van der Waals surface area (Å²) in [5.74, 6) is 0.460. The highest BCUT2D eigenvalue weighted by Gasteiger charge is 2.33. The van der Waals surface area contributed by atoms with Crippen LogP contribution in [0.25, 0.3) is 0 Å². The zero-order valence-corrected chi connectivity index (χ0v) is 15.3. The Labute approximate surface area is 152 Å². The monoisotopic (exact) mass is 354 g/mol. The molecular weight excluding hydrogens is 332 g/mol. The van der Waals surface area contributed by atoms with Gasteiger partial charge in [0.25, 0.3) is 5.91 Å². The maximum absolute atomic E-state index is 12.8. The van der Waals surface area contributed by atoms with E-state index in [1.807, 2.05) is 26.0 Å². The number of rotatable bonds is 5. The van der Waals surface area contributed by atoms with Crippen LogP contribution in [0.5, 0.6) is 11.5 Å². The van der Waals surface area contributed by atoms with Crippen molar-refractivity contribution >= 4 is 23.2 Å². The zero-order valence-electron chi connectivity index (χ0n) is 15.3. The van der Waals surface area contributed by atoms with Crippen LogP contribution in [0, 0.1) is 5.92 Å². The smallest absolute Gasteiger partial charge is 0.263 e. The van der Waals surface area contributed by atoms with Gasteiger partial charge in [0.05, 0.1) is 20.1 Å². The molecule has 1 aliphatic rings. The second-order valence-electron chi connectivity index (χ2n) is 6.50. The molecule has 0 aromatic heterocycles. The molecule has 3 rings (SSSR count). The zero-order chi connectivity index (χ0) is 18.8. The molecule has 0 fully saturated rings. The summed E-state index contributed by atoms with van der Waals surface area (Å²) in [4.78, 5) is 25.0. The van der Waals surface area contributed by atoms with Crippen LogP contribution in [0.3, 0.4) is 0 Å². The van der Waals surface area contributed by atoms with Gasteiger partial charge in [0.1, 0.15) is 17.1 Å². The summed E-state index contributed by atoms with van der Waals surface area (Å²) in [6.45, 7) is 4.01. The predicted molar refractivity (Wildman–Crippen MR) is 100 cm³/mol. The molecular formula is C20H22N2O4. The van der Waals surface area contributed by atoms with Gasteiger partial charge in [0, 0.05) is 11.4 Å². The number of carbonyl (C=O) groups is 2. The van der Waals surface area contributed by atoms with Crippen molar-refractivity contribution in [2.45, 2.75) is 19.8 Å². The standard InChI is InChI=1S/C20H22N2O4/c1-11(2)17-13-10-12(8-9-14(13)22-19(17)23)21-20(24)18-15(25-3)6-5-7-16(18)26-4/h5-11,17H,1-4H3,(H,21,24)(H,22,23). The van der Waals surface area contributed by atoms with Crippen molar-refractivity contribution in [2.24, 2.45) is 5.92 Å². The third-order valence-corrected chi connectivity index (χ3v) is 4.51. The Kier molecular flexibility index (Phi) is 4.84. The second kappa shape index (κ2) is 7.07. The number of methoxy groups -OCH3 is 2. The van der Waals surface area contributed by atoms with E-state index in [-0.39, 0.29) is 23.7 Å². The van der Waals surface area contributed by atoms with Crippen molar-refractivity contribution in [1.82, 2.24) is 0 Å². The minimum Gasteiger partial charge on any atom is -0.496 e. The number of fused-ring (bicyclic) bond motifs is 1. The van der Waals surface area contributed by atoms with E-state index in [1.54, 1.807) is 24.3 Å². The van der Waals surface area contributed by atoms with E-state index < -0.39 is 0 Å². The molecule has 6 heteroatoms. The third-order valence-electron chi connectivity index (χ3n) is 4.51. The van der Waals surface area contributed by atoms with Gasteiger partial charge in [0.2, 0.25) is 5.91 Å². The summed E-state index contributed by atoms with van der Waals surface area (Å²) in [6, 6.07) is 10.6. The van der Waals surface area contributed by atoms with E-state index in [0.717, 1.165) is 11.3 Å². The SMILES string of the molecule is COc1cccc(OC)c1C(=O)Nc1ccc2c(c1)C(C(C)C)C(=O)N2. The van der Waals surface area contributed by atoms with Crippen LogP contribution in [0.1, 0.15) is 35.7 Å². The molecule has 0 aliphatic carbocycles. The molecule has 1 aliphatic heterocycles. The Morgan fingerprint density at radius 3 is 2.35 bits per heavy atom. The topological polar surface area (TPSA) is 76.7 Å². The average Bonchev–Trinajstić information content (AvgIpc) is 2.95. The van der Waals surface area contributed by atoms with Gasteiger partial charge in [-0.2, -0.15) is 0 Å². The van der Waals surface area contributed by atoms with Crippen molar-refractivity contribution < 1.29 is 19.1 Å². The largest absolute Gasteiger partial charge is 0.496 e. The van der Waals surface area contributed by atoms with Crippen LogP contribution in [-0.2, 0) is 4.79 Å². The first-order valence-corrected chi connectivity index (χ1v) is 8.43. The van der Waals surface area contributed by atoms with Crippen molar-refractivity contribution in [3.8, 4) is 11.5 Å². The molecule has 2 aromatic carbocycles. The third kappa shape index (κ3) is 3.10. The van der Waals surface area contributed by atoms with E-state index in [4.69, 9.17) is 9.47 Å². The predicted octanol–water partition coefficient (Wildman–Crippen LogP) is 3.65. The molecule has 6 nitrogen and oxygen atoms in total. The minimum absolute atomic E-state index is 0.00938. The highest BCUT2D eigenvalue weighted by atomic mass is 16.5. The molecule has 1 unspecified atom stereocenters. The van der Waals surface area contributed by atoms with Crippen LogP contribution in [0.15, 0.2) is 36.4 Å². The molecule has 26 heavy (non-hydrogen) atoms. The molecule has 1 heterocycles. The minimum atomic E-state index is -0.336. The lowest BCUT2D eigenvalue weighted by Crippen LogP contribution is -2.17. The number of nitrogens with one attached hydrogen (secondary N) is 2. The lowest BCUT2D eigenvalue weighted by molar-refractivity contribution is -0.117. The highest BCUT2D eigenvalue weighted by Crippen LogP contribution is 2.39. The number of benzene rings is 2. The van der Waals surface area contributed by atoms with E-state index >= 15 is 0 Å². The van der Waals surface area contributed by atoms with Crippen molar-refractivity contribution in [3.63, 3.8) is 0 Å². The molecule has 2 amide bonds. The number of hydrogen-bond donors (Lipinski definition) is 2. The maximum atomic E-state index is 12.8. The van der Waals surface area contributed by atoms with Crippen molar-refractivity contribution in [3.05, 3.63) is 47.5 Å². The normalized spacial score (nSPS) is 15.4. The van der Waals surface area contributed by atoms with E-state index in [0.29, 0.717) is 22.7 Å². The average molecular weight is 354 g/mol. The number of carbonyl (C=O) groups excluding carboxylic acids is 2. The van der Waals surface area contributed by atoms with Crippen LogP contribution >= 0.6 is 0 Å². The molecule has 2 aromatic rings. The maximum Gasteiger partial charge on any atom is 0.263 e. The van der Waals surface area contributed by atoms with Gasteiger partial charge in [0.15, 0.2) is 0 Å². The summed E-state index contributed by atoms with van der Waals surface area (Å²) in [5.41, 5.74) is 2.63. The molecule has 0 spiro atoms. The Balaban J connectivity index is 1.92. The van der Waals surface area contributed by atoms with Crippen LogP contribution in [0.4, 0.5) is 11.4 Å². The Morgan fingerprint density at radius 2 is 1.77 bits per heavy atom. The summed E-state index contributed by atoms with van der Waals surface area (Å²) in [7, 11) is 3.01. The molecule has 0 saturated heterocycles. The molecule has 0 radical (unpaired) electrons. The number of ether oxygens (including phenoxy) is 2. The quantitative estimate of drug-likeness (QED) is 0.859. The highest BCUT2D eigenvalue weighted by molar-refractivity contribution is 6.09. The van der Waals surface area contributed by atoms with Crippen LogP contribution in [-0.4, -0.2) is 26.0 Å². The van der Waals surface area contributed by atoms with Gasteiger partial charge in [-0.25, -0.2) is 0 Å². The molecule has 0 saturated carbocycles. The molecule has 136 valence electrons.